The molecule has 0 saturated carbocycles. The molecule has 0 aliphatic carbocycles. The van der Waals surface area contributed by atoms with E-state index < -0.39 is 0 Å². The Labute approximate surface area is 105 Å². The van der Waals surface area contributed by atoms with Crippen LogP contribution in [0.25, 0.3) is 0 Å². The van der Waals surface area contributed by atoms with Crippen LogP contribution >= 0.6 is 11.3 Å². The Bertz CT molecular complexity index is 508. The average molecular weight is 248 g/mol. The molecule has 17 heavy (non-hydrogen) atoms. The molecule has 1 heterocycles. The van der Waals surface area contributed by atoms with Crippen molar-refractivity contribution in [1.29, 1.82) is 0 Å². The molecule has 0 aliphatic rings. The lowest BCUT2D eigenvalue weighted by Gasteiger charge is -2.03. The third kappa shape index (κ3) is 2.77. The van der Waals surface area contributed by atoms with Crippen LogP contribution in [0.1, 0.15) is 16.1 Å². The maximum absolute atomic E-state index is 5.22. The first-order valence-corrected chi connectivity index (χ1v) is 6.31. The summed E-state index contributed by atoms with van der Waals surface area (Å²) in [6.07, 6.45) is 0.905. The molecule has 3 nitrogen and oxygen atoms in total. The molecule has 0 fully saturated rings. The standard InChI is InChI=1S/C13H16N2OS/c1-9-12(17-13(14-2)15-9)8-10-5-4-6-11(7-10)16-3/h4-7H,8H2,1-3H3,(H,14,15). The van der Waals surface area contributed by atoms with Gasteiger partial charge < -0.3 is 10.1 Å². The topological polar surface area (TPSA) is 34.2 Å². The summed E-state index contributed by atoms with van der Waals surface area (Å²) in [6, 6.07) is 8.16. The van der Waals surface area contributed by atoms with Crippen LogP contribution < -0.4 is 10.1 Å². The zero-order chi connectivity index (χ0) is 12.3. The van der Waals surface area contributed by atoms with Gasteiger partial charge in [0.25, 0.3) is 0 Å². The highest BCUT2D eigenvalue weighted by atomic mass is 32.1. The summed E-state index contributed by atoms with van der Waals surface area (Å²) in [5.74, 6) is 0.901. The van der Waals surface area contributed by atoms with Crippen molar-refractivity contribution in [1.82, 2.24) is 4.98 Å². The van der Waals surface area contributed by atoms with Crippen molar-refractivity contribution < 1.29 is 4.74 Å². The molecule has 2 aromatic rings. The van der Waals surface area contributed by atoms with Gasteiger partial charge in [0.2, 0.25) is 0 Å². The Balaban J connectivity index is 2.21. The molecule has 0 radical (unpaired) electrons. The molecule has 4 heteroatoms. The van der Waals surface area contributed by atoms with Gasteiger partial charge in [0.05, 0.1) is 12.8 Å². The number of methoxy groups -OCH3 is 1. The van der Waals surface area contributed by atoms with Crippen LogP contribution in [0.2, 0.25) is 0 Å². The number of aromatic nitrogens is 1. The third-order valence-corrected chi connectivity index (χ3v) is 3.78. The smallest absolute Gasteiger partial charge is 0.182 e. The zero-order valence-electron chi connectivity index (χ0n) is 10.3. The molecule has 1 N–H and O–H groups in total. The molecule has 0 amide bonds. The second kappa shape index (κ2) is 5.19. The highest BCUT2D eigenvalue weighted by Crippen LogP contribution is 2.25. The first kappa shape index (κ1) is 11.9. The Morgan fingerprint density at radius 2 is 2.24 bits per heavy atom. The summed E-state index contributed by atoms with van der Waals surface area (Å²) >= 11 is 1.70. The van der Waals surface area contributed by atoms with Gasteiger partial charge in [-0.25, -0.2) is 4.98 Å². The molecule has 0 atom stereocenters. The van der Waals surface area contributed by atoms with Crippen LogP contribution in [0, 0.1) is 6.92 Å². The highest BCUT2D eigenvalue weighted by Gasteiger charge is 2.07. The molecule has 0 aliphatic heterocycles. The summed E-state index contributed by atoms with van der Waals surface area (Å²) in [7, 11) is 3.59. The summed E-state index contributed by atoms with van der Waals surface area (Å²) < 4.78 is 5.22. The number of aryl methyl sites for hydroxylation is 1. The number of ether oxygens (including phenoxy) is 1. The number of rotatable bonds is 4. The minimum atomic E-state index is 0.901. The van der Waals surface area contributed by atoms with E-state index in [1.165, 1.54) is 10.4 Å². The minimum Gasteiger partial charge on any atom is -0.497 e. The predicted octanol–water partition coefficient (Wildman–Crippen LogP) is 3.09. The van der Waals surface area contributed by atoms with Crippen molar-refractivity contribution >= 4 is 16.5 Å². The van der Waals surface area contributed by atoms with E-state index in [2.05, 4.69) is 22.4 Å². The number of hydrogen-bond donors (Lipinski definition) is 1. The van der Waals surface area contributed by atoms with Gasteiger partial charge in [-0.1, -0.05) is 12.1 Å². The van der Waals surface area contributed by atoms with E-state index in [4.69, 9.17) is 4.74 Å². The lowest BCUT2D eigenvalue weighted by molar-refractivity contribution is 0.414. The number of hydrogen-bond acceptors (Lipinski definition) is 4. The van der Waals surface area contributed by atoms with Crippen molar-refractivity contribution in [3.63, 3.8) is 0 Å². The average Bonchev–Trinajstić information content (AvgIpc) is 2.70. The number of thiazole rings is 1. The second-order valence-corrected chi connectivity index (χ2v) is 4.89. The molecular formula is C13H16N2OS. The van der Waals surface area contributed by atoms with Crippen molar-refractivity contribution in [3.05, 3.63) is 40.4 Å². The number of nitrogens with one attached hydrogen (secondary N) is 1. The van der Waals surface area contributed by atoms with Crippen molar-refractivity contribution in [2.45, 2.75) is 13.3 Å². The number of nitrogens with zero attached hydrogens (tertiary/aromatic N) is 1. The Morgan fingerprint density at radius 1 is 1.41 bits per heavy atom. The highest BCUT2D eigenvalue weighted by molar-refractivity contribution is 7.15. The van der Waals surface area contributed by atoms with Gasteiger partial charge in [-0.2, -0.15) is 0 Å². The number of anilines is 1. The fourth-order valence-electron chi connectivity index (χ4n) is 1.67. The molecule has 1 aromatic carbocycles. The van der Waals surface area contributed by atoms with Crippen molar-refractivity contribution in [2.75, 3.05) is 19.5 Å². The molecule has 1 aromatic heterocycles. The van der Waals surface area contributed by atoms with E-state index in [1.54, 1.807) is 18.4 Å². The summed E-state index contributed by atoms with van der Waals surface area (Å²) in [5.41, 5.74) is 2.35. The van der Waals surface area contributed by atoms with E-state index >= 15 is 0 Å². The summed E-state index contributed by atoms with van der Waals surface area (Å²) in [4.78, 5) is 5.74. The van der Waals surface area contributed by atoms with Crippen LogP contribution in [0.4, 0.5) is 5.13 Å². The molecule has 90 valence electrons. The van der Waals surface area contributed by atoms with Crippen LogP contribution in [0.15, 0.2) is 24.3 Å². The summed E-state index contributed by atoms with van der Waals surface area (Å²) in [6.45, 7) is 2.05. The SMILES string of the molecule is CNc1nc(C)c(Cc2cccc(OC)c2)s1. The second-order valence-electron chi connectivity index (χ2n) is 3.81. The van der Waals surface area contributed by atoms with Crippen LogP contribution in [-0.4, -0.2) is 19.1 Å². The Kier molecular flexibility index (Phi) is 3.64. The molecular weight excluding hydrogens is 232 g/mol. The largest absolute Gasteiger partial charge is 0.497 e. The van der Waals surface area contributed by atoms with Gasteiger partial charge in [-0.05, 0) is 24.6 Å². The van der Waals surface area contributed by atoms with E-state index in [1.807, 2.05) is 26.1 Å². The fourth-order valence-corrected chi connectivity index (χ4v) is 2.62. The maximum Gasteiger partial charge on any atom is 0.182 e. The Morgan fingerprint density at radius 3 is 2.88 bits per heavy atom. The molecule has 0 spiro atoms. The third-order valence-electron chi connectivity index (χ3n) is 2.61. The van der Waals surface area contributed by atoms with Crippen LogP contribution in [0.5, 0.6) is 5.75 Å². The first-order valence-electron chi connectivity index (χ1n) is 5.50. The van der Waals surface area contributed by atoms with E-state index in [9.17, 15) is 0 Å². The maximum atomic E-state index is 5.22. The van der Waals surface area contributed by atoms with Gasteiger partial charge in [0.15, 0.2) is 5.13 Å². The number of benzene rings is 1. The van der Waals surface area contributed by atoms with E-state index in [-0.39, 0.29) is 0 Å². The van der Waals surface area contributed by atoms with Gasteiger partial charge in [0.1, 0.15) is 5.75 Å². The minimum absolute atomic E-state index is 0.901. The predicted molar refractivity (Wildman–Crippen MR) is 72.2 cm³/mol. The fraction of sp³-hybridized carbons (Fsp3) is 0.308. The quantitative estimate of drug-likeness (QED) is 0.902. The Hall–Kier alpha value is -1.55. The van der Waals surface area contributed by atoms with Gasteiger partial charge in [-0.15, -0.1) is 11.3 Å². The zero-order valence-corrected chi connectivity index (χ0v) is 11.1. The van der Waals surface area contributed by atoms with E-state index in [0.29, 0.717) is 0 Å². The van der Waals surface area contributed by atoms with Crippen LogP contribution in [-0.2, 0) is 6.42 Å². The first-order chi connectivity index (χ1) is 8.22. The van der Waals surface area contributed by atoms with Crippen LogP contribution in [0.3, 0.4) is 0 Å². The normalized spacial score (nSPS) is 10.3. The van der Waals surface area contributed by atoms with Gasteiger partial charge in [0, 0.05) is 18.3 Å². The molecule has 0 saturated heterocycles. The lowest BCUT2D eigenvalue weighted by atomic mass is 10.1. The van der Waals surface area contributed by atoms with Gasteiger partial charge >= 0.3 is 0 Å². The summed E-state index contributed by atoms with van der Waals surface area (Å²) in [5, 5.41) is 4.05. The molecule has 0 bridgehead atoms. The molecule has 2 rings (SSSR count). The van der Waals surface area contributed by atoms with Gasteiger partial charge in [-0.3, -0.25) is 0 Å². The van der Waals surface area contributed by atoms with E-state index in [0.717, 1.165) is 23.0 Å². The van der Waals surface area contributed by atoms with Crippen molar-refractivity contribution in [3.8, 4) is 5.75 Å². The van der Waals surface area contributed by atoms with Crippen molar-refractivity contribution in [2.24, 2.45) is 0 Å². The molecule has 0 unspecified atom stereocenters. The monoisotopic (exact) mass is 248 g/mol. The lowest BCUT2D eigenvalue weighted by Crippen LogP contribution is -1.89.